The Labute approximate surface area is 163 Å². The van der Waals surface area contributed by atoms with Crippen LogP contribution >= 0.6 is 0 Å². The molecule has 0 aromatic heterocycles. The highest BCUT2D eigenvalue weighted by Crippen LogP contribution is 2.29. The van der Waals surface area contributed by atoms with E-state index in [1.807, 2.05) is 60.7 Å². The molecule has 2 N–H and O–H groups in total. The van der Waals surface area contributed by atoms with E-state index in [9.17, 15) is 10.2 Å². The number of benzene rings is 4. The highest BCUT2D eigenvalue weighted by molar-refractivity contribution is 5.89. The zero-order chi connectivity index (χ0) is 19.3. The van der Waals surface area contributed by atoms with Crippen LogP contribution in [0.1, 0.15) is 22.3 Å². The summed E-state index contributed by atoms with van der Waals surface area (Å²) in [4.78, 5) is 0. The molecule has 0 spiro atoms. The highest BCUT2D eigenvalue weighted by Gasteiger charge is 2.06. The normalized spacial score (nSPS) is 9.86. The summed E-state index contributed by atoms with van der Waals surface area (Å²) < 4.78 is 0. The Balaban J connectivity index is 1.72. The molecule has 0 aliphatic rings. The van der Waals surface area contributed by atoms with Crippen LogP contribution in [0.2, 0.25) is 0 Å². The van der Waals surface area contributed by atoms with E-state index in [2.05, 4.69) is 23.7 Å². The summed E-state index contributed by atoms with van der Waals surface area (Å²) in [7, 11) is 0. The topological polar surface area (TPSA) is 40.5 Å². The van der Waals surface area contributed by atoms with Crippen LogP contribution in [-0.4, -0.2) is 10.2 Å². The van der Waals surface area contributed by atoms with E-state index in [0.717, 1.165) is 21.9 Å². The minimum atomic E-state index is 0.101. The van der Waals surface area contributed by atoms with Crippen molar-refractivity contribution in [2.75, 3.05) is 0 Å². The first-order valence-corrected chi connectivity index (χ1v) is 8.83. The van der Waals surface area contributed by atoms with Gasteiger partial charge in [-0.25, -0.2) is 0 Å². The molecule has 0 aliphatic heterocycles. The molecule has 2 nitrogen and oxygen atoms in total. The van der Waals surface area contributed by atoms with Gasteiger partial charge in [-0.3, -0.25) is 0 Å². The Morgan fingerprint density at radius 1 is 0.464 bits per heavy atom. The standard InChI is InChI=1S/C26H16O2/c27-25-17-24-16-22(14-12-20-9-5-2-6-10-20)26(28)18-23(24)15-21(25)13-11-19-7-3-1-4-8-19/h1-10,15-18,27-28H. The number of rotatable bonds is 0. The average molecular weight is 360 g/mol. The molecule has 132 valence electrons. The third kappa shape index (κ3) is 3.83. The molecule has 0 saturated heterocycles. The van der Waals surface area contributed by atoms with Gasteiger partial charge in [0.25, 0.3) is 0 Å². The quantitative estimate of drug-likeness (QED) is 0.431. The van der Waals surface area contributed by atoms with Crippen LogP contribution in [0, 0.1) is 23.7 Å². The third-order valence-electron chi connectivity index (χ3n) is 4.30. The average Bonchev–Trinajstić information content (AvgIpc) is 2.73. The van der Waals surface area contributed by atoms with Crippen molar-refractivity contribution >= 4 is 10.8 Å². The number of hydrogen-bond donors (Lipinski definition) is 2. The molecule has 0 fully saturated rings. The molecular formula is C26H16O2. The molecule has 0 radical (unpaired) electrons. The molecule has 4 rings (SSSR count). The lowest BCUT2D eigenvalue weighted by Crippen LogP contribution is -1.84. The van der Waals surface area contributed by atoms with Crippen LogP contribution in [0.25, 0.3) is 10.8 Å². The van der Waals surface area contributed by atoms with Gasteiger partial charge < -0.3 is 10.2 Å². The predicted octanol–water partition coefficient (Wildman–Crippen LogP) is 5.05. The molecule has 28 heavy (non-hydrogen) atoms. The van der Waals surface area contributed by atoms with E-state index in [1.54, 1.807) is 24.3 Å². The second-order valence-corrected chi connectivity index (χ2v) is 6.32. The van der Waals surface area contributed by atoms with Gasteiger partial charge in [0.2, 0.25) is 0 Å². The fraction of sp³-hybridized carbons (Fsp3) is 0. The van der Waals surface area contributed by atoms with Crippen molar-refractivity contribution in [3.8, 4) is 35.2 Å². The fourth-order valence-corrected chi connectivity index (χ4v) is 2.85. The summed E-state index contributed by atoms with van der Waals surface area (Å²) in [6.07, 6.45) is 0. The lowest BCUT2D eigenvalue weighted by molar-refractivity contribution is 0.472. The zero-order valence-electron chi connectivity index (χ0n) is 15.0. The van der Waals surface area contributed by atoms with E-state index in [-0.39, 0.29) is 11.5 Å². The second-order valence-electron chi connectivity index (χ2n) is 6.32. The first-order chi connectivity index (χ1) is 13.7. The summed E-state index contributed by atoms with van der Waals surface area (Å²) in [5.41, 5.74) is 2.77. The summed E-state index contributed by atoms with van der Waals surface area (Å²) in [5.74, 6) is 12.3. The van der Waals surface area contributed by atoms with Crippen LogP contribution in [0.3, 0.4) is 0 Å². The van der Waals surface area contributed by atoms with E-state index < -0.39 is 0 Å². The summed E-state index contributed by atoms with van der Waals surface area (Å²) in [6.45, 7) is 0. The first-order valence-electron chi connectivity index (χ1n) is 8.83. The number of hydrogen-bond acceptors (Lipinski definition) is 2. The molecular weight excluding hydrogens is 344 g/mol. The number of aromatic hydroxyl groups is 2. The summed E-state index contributed by atoms with van der Waals surface area (Å²) in [6, 6.07) is 26.0. The molecule has 0 saturated carbocycles. The fourth-order valence-electron chi connectivity index (χ4n) is 2.85. The molecule has 0 unspecified atom stereocenters. The molecule has 0 heterocycles. The molecule has 0 aliphatic carbocycles. The summed E-state index contributed by atoms with van der Waals surface area (Å²) in [5, 5.41) is 22.3. The van der Waals surface area contributed by atoms with Crippen molar-refractivity contribution in [2.45, 2.75) is 0 Å². The van der Waals surface area contributed by atoms with Crippen LogP contribution in [0.5, 0.6) is 11.5 Å². The van der Waals surface area contributed by atoms with Crippen molar-refractivity contribution in [1.29, 1.82) is 0 Å². The predicted molar refractivity (Wildman–Crippen MR) is 112 cm³/mol. The molecule has 4 aromatic rings. The minimum absolute atomic E-state index is 0.101. The van der Waals surface area contributed by atoms with E-state index in [0.29, 0.717) is 11.1 Å². The molecule has 2 heteroatoms. The Bertz CT molecular complexity index is 1160. The smallest absolute Gasteiger partial charge is 0.131 e. The Kier molecular flexibility index (Phi) is 4.70. The van der Waals surface area contributed by atoms with Crippen LogP contribution in [-0.2, 0) is 0 Å². The van der Waals surface area contributed by atoms with Crippen molar-refractivity contribution in [2.24, 2.45) is 0 Å². The van der Waals surface area contributed by atoms with Crippen LogP contribution in [0.15, 0.2) is 84.9 Å². The SMILES string of the molecule is Oc1cc2cc(C#Cc3ccccc3)c(O)cc2cc1C#Cc1ccccc1. The summed E-state index contributed by atoms with van der Waals surface area (Å²) >= 11 is 0. The maximum absolute atomic E-state index is 10.4. The van der Waals surface area contributed by atoms with Gasteiger partial charge in [-0.05, 0) is 59.3 Å². The monoisotopic (exact) mass is 360 g/mol. The number of phenolic OH excluding ortho intramolecular Hbond substituents is 2. The molecule has 0 amide bonds. The minimum Gasteiger partial charge on any atom is -0.507 e. The van der Waals surface area contributed by atoms with Gasteiger partial charge in [0.05, 0.1) is 11.1 Å². The zero-order valence-corrected chi connectivity index (χ0v) is 15.0. The van der Waals surface area contributed by atoms with E-state index in [1.165, 1.54) is 0 Å². The Hall–Kier alpha value is -4.14. The van der Waals surface area contributed by atoms with Crippen molar-refractivity contribution < 1.29 is 10.2 Å². The van der Waals surface area contributed by atoms with E-state index >= 15 is 0 Å². The van der Waals surface area contributed by atoms with Crippen LogP contribution < -0.4 is 0 Å². The van der Waals surface area contributed by atoms with Crippen LogP contribution in [0.4, 0.5) is 0 Å². The highest BCUT2D eigenvalue weighted by atomic mass is 16.3. The number of phenols is 2. The first kappa shape index (κ1) is 17.3. The van der Waals surface area contributed by atoms with Gasteiger partial charge in [0.15, 0.2) is 0 Å². The third-order valence-corrected chi connectivity index (χ3v) is 4.30. The molecule has 0 atom stereocenters. The lowest BCUT2D eigenvalue weighted by atomic mass is 10.0. The molecule has 4 aromatic carbocycles. The molecule has 0 bridgehead atoms. The van der Waals surface area contributed by atoms with Gasteiger partial charge >= 0.3 is 0 Å². The Morgan fingerprint density at radius 2 is 0.857 bits per heavy atom. The number of fused-ring (bicyclic) bond motifs is 1. The van der Waals surface area contributed by atoms with Crippen molar-refractivity contribution in [3.05, 3.63) is 107 Å². The van der Waals surface area contributed by atoms with Gasteiger partial charge in [-0.2, -0.15) is 0 Å². The Morgan fingerprint density at radius 3 is 1.25 bits per heavy atom. The maximum atomic E-state index is 10.4. The van der Waals surface area contributed by atoms with Gasteiger partial charge in [0, 0.05) is 11.1 Å². The second kappa shape index (κ2) is 7.62. The lowest BCUT2D eigenvalue weighted by Gasteiger charge is -2.05. The van der Waals surface area contributed by atoms with Gasteiger partial charge in [-0.1, -0.05) is 60.1 Å². The van der Waals surface area contributed by atoms with Crippen molar-refractivity contribution in [1.82, 2.24) is 0 Å². The maximum Gasteiger partial charge on any atom is 0.131 e. The van der Waals surface area contributed by atoms with Gasteiger partial charge in [-0.15, -0.1) is 0 Å². The van der Waals surface area contributed by atoms with E-state index in [4.69, 9.17) is 0 Å². The van der Waals surface area contributed by atoms with Gasteiger partial charge in [0.1, 0.15) is 11.5 Å². The van der Waals surface area contributed by atoms with Crippen molar-refractivity contribution in [3.63, 3.8) is 0 Å². The largest absolute Gasteiger partial charge is 0.507 e.